The van der Waals surface area contributed by atoms with Gasteiger partial charge >= 0.3 is 0 Å². The summed E-state index contributed by atoms with van der Waals surface area (Å²) in [6, 6.07) is 0. The van der Waals surface area contributed by atoms with Gasteiger partial charge in [0.05, 0.1) is 25.2 Å². The summed E-state index contributed by atoms with van der Waals surface area (Å²) in [5.41, 5.74) is 0.139. The molecule has 6 heteroatoms. The molecule has 1 amide bonds. The first-order valence-electron chi connectivity index (χ1n) is 7.13. The number of halogens is 2. The van der Waals surface area contributed by atoms with Crippen molar-refractivity contribution in [3.63, 3.8) is 0 Å². The van der Waals surface area contributed by atoms with Gasteiger partial charge in [0.25, 0.3) is 5.92 Å². The Balaban J connectivity index is 1.74. The van der Waals surface area contributed by atoms with E-state index in [-0.39, 0.29) is 18.9 Å². The molecule has 0 aliphatic carbocycles. The molecule has 0 bridgehead atoms. The summed E-state index contributed by atoms with van der Waals surface area (Å²) in [5.74, 6) is -3.01. The van der Waals surface area contributed by atoms with E-state index in [1.165, 1.54) is 0 Å². The van der Waals surface area contributed by atoms with Crippen molar-refractivity contribution in [2.75, 3.05) is 39.4 Å². The number of likely N-dealkylation sites (tertiary alicyclic amines) is 1. The zero-order valence-electron chi connectivity index (χ0n) is 11.5. The summed E-state index contributed by atoms with van der Waals surface area (Å²) < 4.78 is 33.4. The van der Waals surface area contributed by atoms with Crippen LogP contribution in [0.25, 0.3) is 0 Å². The topological polar surface area (TPSA) is 41.6 Å². The molecule has 1 spiro atoms. The lowest BCUT2D eigenvalue weighted by Crippen LogP contribution is -2.55. The fourth-order valence-electron chi connectivity index (χ4n) is 3.57. The van der Waals surface area contributed by atoms with Crippen molar-refractivity contribution < 1.29 is 18.3 Å². The number of hydrogen-bond acceptors (Lipinski definition) is 3. The molecule has 0 aromatic carbocycles. The maximum atomic E-state index is 14.0. The zero-order valence-corrected chi connectivity index (χ0v) is 11.5. The number of amides is 1. The lowest BCUT2D eigenvalue weighted by atomic mass is 9.77. The first-order valence-corrected chi connectivity index (χ1v) is 7.13. The Morgan fingerprint density at radius 3 is 2.90 bits per heavy atom. The maximum Gasteiger partial charge on any atom is 0.261 e. The number of hydrogen-bond donors (Lipinski definition) is 1. The molecular formula is C14H20F2N2O2. The van der Waals surface area contributed by atoms with Gasteiger partial charge in [0.1, 0.15) is 0 Å². The van der Waals surface area contributed by atoms with Crippen molar-refractivity contribution in [3.8, 4) is 0 Å². The summed E-state index contributed by atoms with van der Waals surface area (Å²) in [7, 11) is 0. The lowest BCUT2D eigenvalue weighted by molar-refractivity contribution is -0.147. The van der Waals surface area contributed by atoms with Crippen molar-refractivity contribution in [1.82, 2.24) is 10.2 Å². The van der Waals surface area contributed by atoms with Crippen molar-refractivity contribution in [2.24, 2.45) is 5.41 Å². The summed E-state index contributed by atoms with van der Waals surface area (Å²) in [6.07, 6.45) is 3.09. The Hall–Kier alpha value is -1.01. The Kier molecular flexibility index (Phi) is 3.54. The van der Waals surface area contributed by atoms with E-state index in [1.807, 2.05) is 0 Å². The second-order valence-corrected chi connectivity index (χ2v) is 6.17. The molecule has 0 unspecified atom stereocenters. The highest BCUT2D eigenvalue weighted by Gasteiger charge is 2.54. The van der Waals surface area contributed by atoms with Crippen LogP contribution in [0.4, 0.5) is 8.78 Å². The van der Waals surface area contributed by atoms with Gasteiger partial charge in [0.2, 0.25) is 5.91 Å². The molecule has 3 aliphatic rings. The average molecular weight is 286 g/mol. The van der Waals surface area contributed by atoms with Gasteiger partial charge in [-0.2, -0.15) is 0 Å². The zero-order chi connectivity index (χ0) is 14.2. The predicted octanol–water partition coefficient (Wildman–Crippen LogP) is 1.18. The first-order chi connectivity index (χ1) is 9.49. The molecule has 0 aromatic rings. The van der Waals surface area contributed by atoms with E-state index in [0.29, 0.717) is 39.3 Å². The van der Waals surface area contributed by atoms with E-state index in [1.54, 1.807) is 4.90 Å². The minimum atomic E-state index is -2.80. The summed E-state index contributed by atoms with van der Waals surface area (Å²) in [6.45, 7) is 2.36. The molecule has 1 atom stereocenters. The van der Waals surface area contributed by atoms with E-state index in [9.17, 15) is 13.6 Å². The molecule has 0 aromatic heterocycles. The average Bonchev–Trinajstić information content (AvgIpc) is 2.69. The van der Waals surface area contributed by atoms with Crippen molar-refractivity contribution in [2.45, 2.75) is 25.2 Å². The summed E-state index contributed by atoms with van der Waals surface area (Å²) in [5, 5.41) is 2.70. The molecule has 112 valence electrons. The first kappa shape index (κ1) is 13.9. The number of ether oxygens (including phenoxy) is 1. The SMILES string of the molecule is O=C1NCC[C@]12CN(CC1=CCCOC1)CC(F)(F)C2. The van der Waals surface area contributed by atoms with Gasteiger partial charge in [0, 0.05) is 26.1 Å². The molecule has 3 aliphatic heterocycles. The second kappa shape index (κ2) is 5.07. The molecule has 0 radical (unpaired) electrons. The van der Waals surface area contributed by atoms with Gasteiger partial charge in [-0.05, 0) is 18.4 Å². The number of nitrogens with one attached hydrogen (secondary N) is 1. The van der Waals surface area contributed by atoms with E-state index in [2.05, 4.69) is 11.4 Å². The van der Waals surface area contributed by atoms with Gasteiger partial charge in [0.15, 0.2) is 0 Å². The summed E-state index contributed by atoms with van der Waals surface area (Å²) >= 11 is 0. The predicted molar refractivity (Wildman–Crippen MR) is 69.6 cm³/mol. The fourth-order valence-corrected chi connectivity index (χ4v) is 3.57. The van der Waals surface area contributed by atoms with Crippen LogP contribution in [0.5, 0.6) is 0 Å². The molecule has 2 fully saturated rings. The fraction of sp³-hybridized carbons (Fsp3) is 0.786. The number of carbonyl (C=O) groups is 1. The normalized spacial score (nSPS) is 34.1. The number of piperidine rings is 1. The van der Waals surface area contributed by atoms with Gasteiger partial charge in [-0.25, -0.2) is 8.78 Å². The van der Waals surface area contributed by atoms with Gasteiger partial charge in [-0.1, -0.05) is 6.08 Å². The number of rotatable bonds is 2. The Bertz CT molecular complexity index is 439. The van der Waals surface area contributed by atoms with Crippen molar-refractivity contribution in [1.29, 1.82) is 0 Å². The molecule has 20 heavy (non-hydrogen) atoms. The molecule has 3 rings (SSSR count). The van der Waals surface area contributed by atoms with Crippen LogP contribution in [0.2, 0.25) is 0 Å². The molecule has 2 saturated heterocycles. The van der Waals surface area contributed by atoms with Crippen LogP contribution in [0.1, 0.15) is 19.3 Å². The lowest BCUT2D eigenvalue weighted by Gasteiger charge is -2.42. The van der Waals surface area contributed by atoms with Gasteiger partial charge in [-0.3, -0.25) is 9.69 Å². The number of carbonyl (C=O) groups excluding carboxylic acids is 1. The largest absolute Gasteiger partial charge is 0.377 e. The number of nitrogens with zero attached hydrogens (tertiary/aromatic N) is 1. The Labute approximate surface area is 117 Å². The second-order valence-electron chi connectivity index (χ2n) is 6.17. The standard InChI is InChI=1S/C14H20F2N2O2/c15-14(16)8-13(3-4-17-12(13)19)9-18(10-14)6-11-2-1-5-20-7-11/h2H,1,3-10H2,(H,17,19)/t13-/m0/s1. The van der Waals surface area contributed by atoms with Crippen LogP contribution < -0.4 is 5.32 Å². The highest BCUT2D eigenvalue weighted by Crippen LogP contribution is 2.43. The summed E-state index contributed by atoms with van der Waals surface area (Å²) in [4.78, 5) is 13.7. The van der Waals surface area contributed by atoms with E-state index >= 15 is 0 Å². The molecule has 0 saturated carbocycles. The monoisotopic (exact) mass is 286 g/mol. The molecular weight excluding hydrogens is 266 g/mol. The van der Waals surface area contributed by atoms with Crippen LogP contribution in [-0.2, 0) is 9.53 Å². The molecule has 4 nitrogen and oxygen atoms in total. The van der Waals surface area contributed by atoms with E-state index in [0.717, 1.165) is 12.0 Å². The van der Waals surface area contributed by atoms with Crippen molar-refractivity contribution in [3.05, 3.63) is 11.6 Å². The van der Waals surface area contributed by atoms with Gasteiger partial charge in [-0.15, -0.1) is 0 Å². The van der Waals surface area contributed by atoms with Crippen molar-refractivity contribution >= 4 is 5.91 Å². The molecule has 3 heterocycles. The van der Waals surface area contributed by atoms with Crippen LogP contribution in [-0.4, -0.2) is 56.1 Å². The van der Waals surface area contributed by atoms with E-state index < -0.39 is 11.3 Å². The number of alkyl halides is 2. The van der Waals surface area contributed by atoms with Crippen LogP contribution in [0.15, 0.2) is 11.6 Å². The maximum absolute atomic E-state index is 14.0. The smallest absolute Gasteiger partial charge is 0.261 e. The minimum absolute atomic E-state index is 0.212. The highest BCUT2D eigenvalue weighted by molar-refractivity contribution is 5.85. The highest BCUT2D eigenvalue weighted by atomic mass is 19.3. The third-order valence-corrected chi connectivity index (χ3v) is 4.36. The van der Waals surface area contributed by atoms with Crippen LogP contribution in [0, 0.1) is 5.41 Å². The van der Waals surface area contributed by atoms with Crippen LogP contribution >= 0.6 is 0 Å². The third-order valence-electron chi connectivity index (χ3n) is 4.36. The Morgan fingerprint density at radius 2 is 2.25 bits per heavy atom. The van der Waals surface area contributed by atoms with Crippen LogP contribution in [0.3, 0.4) is 0 Å². The van der Waals surface area contributed by atoms with E-state index in [4.69, 9.17) is 4.74 Å². The quantitative estimate of drug-likeness (QED) is 0.775. The Morgan fingerprint density at radius 1 is 1.40 bits per heavy atom. The van der Waals surface area contributed by atoms with Gasteiger partial charge < -0.3 is 10.1 Å². The minimum Gasteiger partial charge on any atom is -0.377 e. The third kappa shape index (κ3) is 2.72. The molecule has 1 N–H and O–H groups in total.